The average Bonchev–Trinajstić information content (AvgIpc) is 2.36. The van der Waals surface area contributed by atoms with Crippen LogP contribution in [0, 0.1) is 0 Å². The lowest BCUT2D eigenvalue weighted by molar-refractivity contribution is -0.0140. The molecule has 1 aliphatic carbocycles. The lowest BCUT2D eigenvalue weighted by atomic mass is 9.77. The summed E-state index contributed by atoms with van der Waals surface area (Å²) in [5, 5.41) is 3.40. The SMILES string of the molecule is CCNCCC1(Oc2cccc(N(C)C)c2)CCC1. The van der Waals surface area contributed by atoms with Crippen molar-refractivity contribution >= 4 is 5.69 Å². The van der Waals surface area contributed by atoms with E-state index in [0.717, 1.165) is 25.3 Å². The summed E-state index contributed by atoms with van der Waals surface area (Å²) in [6.45, 7) is 4.23. The number of benzene rings is 1. The lowest BCUT2D eigenvalue weighted by Crippen LogP contribution is -2.45. The molecule has 1 aromatic rings. The first-order chi connectivity index (χ1) is 9.15. The monoisotopic (exact) mass is 262 g/mol. The van der Waals surface area contributed by atoms with Gasteiger partial charge in [-0.05, 0) is 50.9 Å². The second-order valence-electron chi connectivity index (χ2n) is 5.63. The molecule has 0 aromatic heterocycles. The summed E-state index contributed by atoms with van der Waals surface area (Å²) in [4.78, 5) is 2.11. The zero-order valence-corrected chi connectivity index (χ0v) is 12.4. The molecule has 0 saturated heterocycles. The maximum absolute atomic E-state index is 6.31. The third kappa shape index (κ3) is 3.63. The summed E-state index contributed by atoms with van der Waals surface area (Å²) in [5.74, 6) is 1.00. The van der Waals surface area contributed by atoms with Gasteiger partial charge in [0.2, 0.25) is 0 Å². The minimum atomic E-state index is 0.0765. The summed E-state index contributed by atoms with van der Waals surface area (Å²) in [6, 6.07) is 8.38. The molecule has 0 unspecified atom stereocenters. The average molecular weight is 262 g/mol. The fraction of sp³-hybridized carbons (Fsp3) is 0.625. The Morgan fingerprint density at radius 1 is 1.32 bits per heavy atom. The lowest BCUT2D eigenvalue weighted by Gasteiger charge is -2.42. The van der Waals surface area contributed by atoms with Crippen molar-refractivity contribution < 1.29 is 4.74 Å². The van der Waals surface area contributed by atoms with Gasteiger partial charge in [-0.15, -0.1) is 0 Å². The normalized spacial score (nSPS) is 16.8. The molecule has 0 spiro atoms. The maximum Gasteiger partial charge on any atom is 0.122 e. The fourth-order valence-corrected chi connectivity index (χ4v) is 2.54. The highest BCUT2D eigenvalue weighted by molar-refractivity contribution is 5.49. The Labute approximate surface area is 116 Å². The quantitative estimate of drug-likeness (QED) is 0.764. The van der Waals surface area contributed by atoms with Gasteiger partial charge in [0, 0.05) is 25.8 Å². The zero-order valence-electron chi connectivity index (χ0n) is 12.4. The summed E-state index contributed by atoms with van der Waals surface area (Å²) in [7, 11) is 4.12. The Hall–Kier alpha value is -1.22. The van der Waals surface area contributed by atoms with Crippen LogP contribution >= 0.6 is 0 Å². The van der Waals surface area contributed by atoms with E-state index in [-0.39, 0.29) is 5.60 Å². The Kier molecular flexibility index (Phi) is 4.70. The van der Waals surface area contributed by atoms with Crippen molar-refractivity contribution in [3.63, 3.8) is 0 Å². The third-order valence-corrected chi connectivity index (χ3v) is 3.94. The molecular formula is C16H26N2O. The van der Waals surface area contributed by atoms with Gasteiger partial charge in [0.1, 0.15) is 11.4 Å². The number of nitrogens with one attached hydrogen (secondary N) is 1. The number of nitrogens with zero attached hydrogens (tertiary/aromatic N) is 1. The molecule has 19 heavy (non-hydrogen) atoms. The summed E-state index contributed by atoms with van der Waals surface area (Å²) < 4.78 is 6.31. The number of hydrogen-bond donors (Lipinski definition) is 1. The van der Waals surface area contributed by atoms with E-state index in [1.165, 1.54) is 24.9 Å². The van der Waals surface area contributed by atoms with E-state index >= 15 is 0 Å². The minimum Gasteiger partial charge on any atom is -0.487 e. The minimum absolute atomic E-state index is 0.0765. The Balaban J connectivity index is 1.99. The molecule has 3 heteroatoms. The summed E-state index contributed by atoms with van der Waals surface area (Å²) >= 11 is 0. The maximum atomic E-state index is 6.31. The molecule has 0 bridgehead atoms. The van der Waals surface area contributed by atoms with Crippen LogP contribution in [0.4, 0.5) is 5.69 Å². The standard InChI is InChI=1S/C16H26N2O/c1-4-17-12-11-16(9-6-10-16)19-15-8-5-7-14(13-15)18(2)3/h5,7-8,13,17H,4,6,9-12H2,1-3H3. The first-order valence-corrected chi connectivity index (χ1v) is 7.32. The van der Waals surface area contributed by atoms with E-state index in [1.54, 1.807) is 0 Å². The van der Waals surface area contributed by atoms with E-state index < -0.39 is 0 Å². The number of rotatable bonds is 7. The van der Waals surface area contributed by atoms with Crippen molar-refractivity contribution in [3.05, 3.63) is 24.3 Å². The highest BCUT2D eigenvalue weighted by Crippen LogP contribution is 2.39. The van der Waals surface area contributed by atoms with Crippen LogP contribution in [0.2, 0.25) is 0 Å². The first-order valence-electron chi connectivity index (χ1n) is 7.32. The fourth-order valence-electron chi connectivity index (χ4n) is 2.54. The Morgan fingerprint density at radius 2 is 2.11 bits per heavy atom. The van der Waals surface area contributed by atoms with Crippen molar-refractivity contribution in [2.24, 2.45) is 0 Å². The van der Waals surface area contributed by atoms with Gasteiger partial charge >= 0.3 is 0 Å². The van der Waals surface area contributed by atoms with E-state index in [4.69, 9.17) is 4.74 Å². The van der Waals surface area contributed by atoms with Crippen molar-refractivity contribution in [2.45, 2.75) is 38.2 Å². The van der Waals surface area contributed by atoms with Crippen LogP contribution in [0.3, 0.4) is 0 Å². The largest absolute Gasteiger partial charge is 0.487 e. The molecule has 1 fully saturated rings. The second-order valence-corrected chi connectivity index (χ2v) is 5.63. The molecular weight excluding hydrogens is 236 g/mol. The first kappa shape index (κ1) is 14.2. The Morgan fingerprint density at radius 3 is 2.68 bits per heavy atom. The van der Waals surface area contributed by atoms with Gasteiger partial charge in [-0.2, -0.15) is 0 Å². The zero-order chi connectivity index (χ0) is 13.7. The molecule has 1 saturated carbocycles. The van der Waals surface area contributed by atoms with Gasteiger partial charge in [-0.25, -0.2) is 0 Å². The van der Waals surface area contributed by atoms with Crippen molar-refractivity contribution in [3.8, 4) is 5.75 Å². The van der Waals surface area contributed by atoms with E-state index in [9.17, 15) is 0 Å². The molecule has 0 radical (unpaired) electrons. The van der Waals surface area contributed by atoms with E-state index in [1.807, 2.05) is 0 Å². The molecule has 0 aliphatic heterocycles. The highest BCUT2D eigenvalue weighted by Gasteiger charge is 2.38. The van der Waals surface area contributed by atoms with Gasteiger partial charge in [-0.3, -0.25) is 0 Å². The van der Waals surface area contributed by atoms with Gasteiger partial charge in [0.05, 0.1) is 0 Å². The smallest absolute Gasteiger partial charge is 0.122 e. The third-order valence-electron chi connectivity index (χ3n) is 3.94. The van der Waals surface area contributed by atoms with Gasteiger partial charge in [0.15, 0.2) is 0 Å². The Bertz CT molecular complexity index is 399. The number of hydrogen-bond acceptors (Lipinski definition) is 3. The predicted octanol–water partition coefficient (Wildman–Crippen LogP) is 3.05. The van der Waals surface area contributed by atoms with Crippen LogP contribution in [0.5, 0.6) is 5.75 Å². The molecule has 106 valence electrons. The van der Waals surface area contributed by atoms with Crippen LogP contribution < -0.4 is 15.0 Å². The molecule has 1 aliphatic rings. The molecule has 1 aromatic carbocycles. The predicted molar refractivity (Wildman–Crippen MR) is 81.1 cm³/mol. The van der Waals surface area contributed by atoms with Gasteiger partial charge < -0.3 is 15.0 Å². The van der Waals surface area contributed by atoms with Crippen molar-refractivity contribution in [2.75, 3.05) is 32.1 Å². The van der Waals surface area contributed by atoms with E-state index in [0.29, 0.717) is 0 Å². The van der Waals surface area contributed by atoms with Crippen molar-refractivity contribution in [1.82, 2.24) is 5.32 Å². The molecule has 3 nitrogen and oxygen atoms in total. The summed E-state index contributed by atoms with van der Waals surface area (Å²) in [5.41, 5.74) is 1.27. The molecule has 0 atom stereocenters. The molecule has 1 N–H and O–H groups in total. The molecule has 0 heterocycles. The van der Waals surface area contributed by atoms with Crippen LogP contribution in [0.1, 0.15) is 32.6 Å². The highest BCUT2D eigenvalue weighted by atomic mass is 16.5. The van der Waals surface area contributed by atoms with Gasteiger partial charge in [-0.1, -0.05) is 13.0 Å². The molecule has 2 rings (SSSR count). The van der Waals surface area contributed by atoms with Crippen LogP contribution in [0.15, 0.2) is 24.3 Å². The molecule has 0 amide bonds. The number of anilines is 1. The van der Waals surface area contributed by atoms with Crippen LogP contribution in [0.25, 0.3) is 0 Å². The number of ether oxygens (including phenoxy) is 1. The topological polar surface area (TPSA) is 24.5 Å². The second kappa shape index (κ2) is 6.29. The van der Waals surface area contributed by atoms with E-state index in [2.05, 4.69) is 55.5 Å². The van der Waals surface area contributed by atoms with Crippen LogP contribution in [-0.4, -0.2) is 32.8 Å². The van der Waals surface area contributed by atoms with Crippen LogP contribution in [-0.2, 0) is 0 Å². The van der Waals surface area contributed by atoms with Gasteiger partial charge in [0.25, 0.3) is 0 Å². The van der Waals surface area contributed by atoms with Crippen molar-refractivity contribution in [1.29, 1.82) is 0 Å². The summed E-state index contributed by atoms with van der Waals surface area (Å²) in [6.07, 6.45) is 4.77.